The van der Waals surface area contributed by atoms with Crippen LogP contribution in [0.2, 0.25) is 0 Å². The first-order valence-corrected chi connectivity index (χ1v) is 6.38. The van der Waals surface area contributed by atoms with Crippen LogP contribution in [0, 0.1) is 13.8 Å². The summed E-state index contributed by atoms with van der Waals surface area (Å²) >= 11 is 0. The largest absolute Gasteiger partial charge is 0.496 e. The second kappa shape index (κ2) is 5.36. The molecule has 2 rings (SSSR count). The monoisotopic (exact) mass is 275 g/mol. The fourth-order valence-electron chi connectivity index (χ4n) is 2.21. The van der Waals surface area contributed by atoms with Crippen molar-refractivity contribution in [2.75, 3.05) is 13.7 Å². The van der Waals surface area contributed by atoms with Gasteiger partial charge in [0, 0.05) is 16.5 Å². The van der Waals surface area contributed by atoms with E-state index in [1.54, 1.807) is 33.1 Å². The first kappa shape index (κ1) is 14.1. The maximum absolute atomic E-state index is 12.3. The minimum absolute atomic E-state index is 0.174. The quantitative estimate of drug-likeness (QED) is 0.873. The van der Waals surface area contributed by atoms with Crippen molar-refractivity contribution in [1.29, 1.82) is 0 Å². The van der Waals surface area contributed by atoms with Gasteiger partial charge in [0.25, 0.3) is 0 Å². The average molecular weight is 275 g/mol. The number of benzene rings is 1. The number of H-pyrrole nitrogens is 1. The van der Waals surface area contributed by atoms with Gasteiger partial charge >= 0.3 is 5.97 Å². The van der Waals surface area contributed by atoms with Crippen LogP contribution in [0.25, 0.3) is 10.9 Å². The summed E-state index contributed by atoms with van der Waals surface area (Å²) in [6.07, 6.45) is 0. The standard InChI is InChI=1S/C15H17NO4/c1-5-20-15(18)13-9(3)14(17)10-6-7-11(19-4)8(2)12(10)16-13/h6-7H,5H2,1-4H3,(H,16,17). The van der Waals surface area contributed by atoms with E-state index in [9.17, 15) is 9.59 Å². The summed E-state index contributed by atoms with van der Waals surface area (Å²) in [4.78, 5) is 27.3. The van der Waals surface area contributed by atoms with E-state index in [2.05, 4.69) is 4.98 Å². The number of esters is 1. The van der Waals surface area contributed by atoms with E-state index in [1.807, 2.05) is 6.92 Å². The molecule has 0 unspecified atom stereocenters. The average Bonchev–Trinajstić information content (AvgIpc) is 2.43. The molecule has 0 aliphatic rings. The van der Waals surface area contributed by atoms with Gasteiger partial charge < -0.3 is 14.5 Å². The number of hydrogen-bond donors (Lipinski definition) is 1. The molecular formula is C15H17NO4. The van der Waals surface area contributed by atoms with Gasteiger partial charge in [0.05, 0.1) is 19.2 Å². The van der Waals surface area contributed by atoms with Gasteiger partial charge in [-0.2, -0.15) is 0 Å². The Labute approximate surface area is 116 Å². The number of aromatic amines is 1. The van der Waals surface area contributed by atoms with E-state index < -0.39 is 5.97 Å². The highest BCUT2D eigenvalue weighted by atomic mass is 16.5. The second-order valence-corrected chi connectivity index (χ2v) is 4.49. The number of rotatable bonds is 3. The third kappa shape index (κ3) is 2.15. The molecule has 0 amide bonds. The maximum Gasteiger partial charge on any atom is 0.355 e. The van der Waals surface area contributed by atoms with Crippen LogP contribution in [0.1, 0.15) is 28.5 Å². The Morgan fingerprint density at radius 2 is 1.95 bits per heavy atom. The Kier molecular flexibility index (Phi) is 3.79. The molecular weight excluding hydrogens is 258 g/mol. The predicted molar refractivity (Wildman–Crippen MR) is 76.6 cm³/mol. The molecule has 1 N–H and O–H groups in total. The van der Waals surface area contributed by atoms with E-state index in [0.717, 1.165) is 5.56 Å². The van der Waals surface area contributed by atoms with Gasteiger partial charge in [0.15, 0.2) is 5.43 Å². The summed E-state index contributed by atoms with van der Waals surface area (Å²) in [7, 11) is 1.56. The first-order chi connectivity index (χ1) is 9.51. The van der Waals surface area contributed by atoms with Crippen molar-refractivity contribution in [3.05, 3.63) is 39.2 Å². The van der Waals surface area contributed by atoms with Crippen molar-refractivity contribution in [2.24, 2.45) is 0 Å². The molecule has 5 nitrogen and oxygen atoms in total. The Hall–Kier alpha value is -2.30. The maximum atomic E-state index is 12.3. The molecule has 0 aliphatic carbocycles. The molecule has 0 fully saturated rings. The number of nitrogens with one attached hydrogen (secondary N) is 1. The van der Waals surface area contributed by atoms with Crippen LogP contribution in [-0.2, 0) is 4.74 Å². The van der Waals surface area contributed by atoms with Crippen LogP contribution in [0.4, 0.5) is 0 Å². The topological polar surface area (TPSA) is 68.4 Å². The fraction of sp³-hybridized carbons (Fsp3) is 0.333. The zero-order chi connectivity index (χ0) is 14.9. The number of carbonyl (C=O) groups excluding carboxylic acids is 1. The molecule has 0 radical (unpaired) electrons. The van der Waals surface area contributed by atoms with Crippen LogP contribution in [0.15, 0.2) is 16.9 Å². The van der Waals surface area contributed by atoms with E-state index in [0.29, 0.717) is 22.2 Å². The number of pyridine rings is 1. The van der Waals surface area contributed by atoms with Gasteiger partial charge in [-0.3, -0.25) is 4.79 Å². The van der Waals surface area contributed by atoms with Gasteiger partial charge in [0.1, 0.15) is 11.4 Å². The van der Waals surface area contributed by atoms with Crippen molar-refractivity contribution in [1.82, 2.24) is 4.98 Å². The molecule has 20 heavy (non-hydrogen) atoms. The van der Waals surface area contributed by atoms with Crippen molar-refractivity contribution in [3.63, 3.8) is 0 Å². The van der Waals surface area contributed by atoms with Gasteiger partial charge in [-0.1, -0.05) is 0 Å². The van der Waals surface area contributed by atoms with Gasteiger partial charge in [0.2, 0.25) is 0 Å². The van der Waals surface area contributed by atoms with Gasteiger partial charge in [-0.25, -0.2) is 4.79 Å². The van der Waals surface area contributed by atoms with Crippen LogP contribution >= 0.6 is 0 Å². The minimum Gasteiger partial charge on any atom is -0.496 e. The zero-order valence-corrected chi connectivity index (χ0v) is 12.0. The third-order valence-corrected chi connectivity index (χ3v) is 3.32. The van der Waals surface area contributed by atoms with E-state index >= 15 is 0 Å². The van der Waals surface area contributed by atoms with Crippen molar-refractivity contribution in [3.8, 4) is 5.75 Å². The summed E-state index contributed by atoms with van der Waals surface area (Å²) in [6, 6.07) is 3.44. The molecule has 106 valence electrons. The predicted octanol–water partition coefficient (Wildman–Crippen LogP) is 2.33. The lowest BCUT2D eigenvalue weighted by Gasteiger charge is -2.11. The van der Waals surface area contributed by atoms with Crippen LogP contribution in [0.5, 0.6) is 5.75 Å². The molecule has 5 heteroatoms. The van der Waals surface area contributed by atoms with E-state index in [-0.39, 0.29) is 17.7 Å². The number of hydrogen-bond acceptors (Lipinski definition) is 4. The number of fused-ring (bicyclic) bond motifs is 1. The molecule has 0 aliphatic heterocycles. The summed E-state index contributed by atoms with van der Waals surface area (Å²) in [5.74, 6) is 0.137. The molecule has 0 atom stereocenters. The Balaban J connectivity index is 2.80. The Morgan fingerprint density at radius 3 is 2.55 bits per heavy atom. The summed E-state index contributed by atoms with van der Waals surface area (Å²) in [5, 5.41) is 0.536. The van der Waals surface area contributed by atoms with E-state index in [4.69, 9.17) is 9.47 Å². The highest BCUT2D eigenvalue weighted by Gasteiger charge is 2.17. The smallest absolute Gasteiger partial charge is 0.355 e. The van der Waals surface area contributed by atoms with Crippen molar-refractivity contribution >= 4 is 16.9 Å². The molecule has 0 bridgehead atoms. The lowest BCUT2D eigenvalue weighted by Crippen LogP contribution is -2.18. The molecule has 2 aromatic rings. The van der Waals surface area contributed by atoms with Gasteiger partial charge in [-0.05, 0) is 32.9 Å². The lowest BCUT2D eigenvalue weighted by atomic mass is 10.1. The summed E-state index contributed by atoms with van der Waals surface area (Å²) in [5.41, 5.74) is 1.77. The highest BCUT2D eigenvalue weighted by Crippen LogP contribution is 2.24. The lowest BCUT2D eigenvalue weighted by molar-refractivity contribution is 0.0519. The fourth-order valence-corrected chi connectivity index (χ4v) is 2.21. The highest BCUT2D eigenvalue weighted by molar-refractivity contribution is 5.94. The zero-order valence-electron chi connectivity index (χ0n) is 12.0. The molecule has 0 spiro atoms. The van der Waals surface area contributed by atoms with Crippen LogP contribution in [-0.4, -0.2) is 24.7 Å². The molecule has 1 aromatic heterocycles. The number of methoxy groups -OCH3 is 1. The number of carbonyl (C=O) groups is 1. The molecule has 1 aromatic carbocycles. The van der Waals surface area contributed by atoms with Crippen LogP contribution < -0.4 is 10.2 Å². The minimum atomic E-state index is -0.522. The molecule has 1 heterocycles. The van der Waals surface area contributed by atoms with Crippen molar-refractivity contribution in [2.45, 2.75) is 20.8 Å². The number of aromatic nitrogens is 1. The second-order valence-electron chi connectivity index (χ2n) is 4.49. The SMILES string of the molecule is CCOC(=O)c1[nH]c2c(C)c(OC)ccc2c(=O)c1C. The van der Waals surface area contributed by atoms with E-state index in [1.165, 1.54) is 0 Å². The van der Waals surface area contributed by atoms with Crippen molar-refractivity contribution < 1.29 is 14.3 Å². The van der Waals surface area contributed by atoms with Gasteiger partial charge in [-0.15, -0.1) is 0 Å². The van der Waals surface area contributed by atoms with Crippen LogP contribution in [0.3, 0.4) is 0 Å². The Morgan fingerprint density at radius 1 is 1.25 bits per heavy atom. The number of ether oxygens (including phenoxy) is 2. The molecule has 0 saturated carbocycles. The third-order valence-electron chi connectivity index (χ3n) is 3.32. The normalized spacial score (nSPS) is 10.6. The summed E-state index contributed by atoms with van der Waals surface area (Å²) in [6.45, 7) is 5.43. The Bertz CT molecular complexity index is 731. The number of aryl methyl sites for hydroxylation is 1. The molecule has 0 saturated heterocycles. The summed E-state index contributed by atoms with van der Waals surface area (Å²) < 4.78 is 10.2. The first-order valence-electron chi connectivity index (χ1n) is 6.38.